The van der Waals surface area contributed by atoms with E-state index in [-0.39, 0.29) is 0 Å². The number of halogens is 1. The van der Waals surface area contributed by atoms with Gasteiger partial charge in [-0.25, -0.2) is 0 Å². The Hall–Kier alpha value is 0.870. The summed E-state index contributed by atoms with van der Waals surface area (Å²) in [6.45, 7) is 7.12. The van der Waals surface area contributed by atoms with Crippen LogP contribution in [0.5, 0.6) is 0 Å². The first kappa shape index (κ1) is 15.9. The third-order valence-corrected chi connectivity index (χ3v) is 4.87. The lowest BCUT2D eigenvalue weighted by Crippen LogP contribution is -2.15. The monoisotopic (exact) mass is 295 g/mol. The Kier molecular flexibility index (Phi) is 13.7. The first-order valence-electron chi connectivity index (χ1n) is 6.46. The first-order chi connectivity index (χ1) is 7.35. The summed E-state index contributed by atoms with van der Waals surface area (Å²) in [5.41, 5.74) is 0. The van der Waals surface area contributed by atoms with Gasteiger partial charge in [0.1, 0.15) is 0 Å². The molecule has 1 atom stereocenters. The molecule has 0 aromatic carbocycles. The van der Waals surface area contributed by atoms with Crippen molar-refractivity contribution in [3.05, 3.63) is 0 Å². The molecule has 0 heterocycles. The maximum Gasteiger partial charge on any atom is 0.0213 e. The maximum absolute atomic E-state index is 3.61. The molecule has 0 rings (SSSR count). The SMILES string of the molecule is CCCCCCN(CCCCCC)PBr. The fraction of sp³-hybridized carbons (Fsp3) is 1.00. The van der Waals surface area contributed by atoms with Crippen LogP contribution in [-0.4, -0.2) is 17.8 Å². The molecule has 0 N–H and O–H groups in total. The zero-order valence-corrected chi connectivity index (χ0v) is 13.0. The van der Waals surface area contributed by atoms with Gasteiger partial charge < -0.3 is 0 Å². The van der Waals surface area contributed by atoms with Crippen molar-refractivity contribution in [3.63, 3.8) is 0 Å². The molecule has 0 bridgehead atoms. The summed E-state index contributed by atoms with van der Waals surface area (Å²) >= 11 is 3.61. The van der Waals surface area contributed by atoms with E-state index in [1.807, 2.05) is 0 Å². The van der Waals surface area contributed by atoms with E-state index >= 15 is 0 Å². The highest BCUT2D eigenvalue weighted by Crippen LogP contribution is 2.27. The highest BCUT2D eigenvalue weighted by Gasteiger charge is 2.01. The molecule has 0 aliphatic carbocycles. The molecule has 1 unspecified atom stereocenters. The van der Waals surface area contributed by atoms with Crippen LogP contribution in [0, 0.1) is 0 Å². The minimum atomic E-state index is 0.819. The van der Waals surface area contributed by atoms with Gasteiger partial charge in [-0.2, -0.15) is 0 Å². The van der Waals surface area contributed by atoms with E-state index in [0.29, 0.717) is 0 Å². The van der Waals surface area contributed by atoms with E-state index in [9.17, 15) is 0 Å². The standard InChI is InChI=1S/C12H27BrNP/c1-3-5-7-9-11-14(15-13)12-10-8-6-4-2/h15H,3-12H2,1-2H3. The zero-order valence-electron chi connectivity index (χ0n) is 10.4. The number of rotatable bonds is 11. The molecule has 92 valence electrons. The summed E-state index contributed by atoms with van der Waals surface area (Å²) in [5.74, 6) is 0. The van der Waals surface area contributed by atoms with Gasteiger partial charge in [0.2, 0.25) is 0 Å². The molecule has 3 heteroatoms. The van der Waals surface area contributed by atoms with Gasteiger partial charge in [0, 0.05) is 20.5 Å². The lowest BCUT2D eigenvalue weighted by atomic mass is 10.2. The van der Waals surface area contributed by atoms with Gasteiger partial charge >= 0.3 is 0 Å². The van der Waals surface area contributed by atoms with Crippen molar-refractivity contribution in [1.82, 2.24) is 4.67 Å². The van der Waals surface area contributed by atoms with Crippen molar-refractivity contribution in [3.8, 4) is 0 Å². The number of hydrogen-bond acceptors (Lipinski definition) is 1. The molecule has 0 aliphatic heterocycles. The second-order valence-electron chi connectivity index (χ2n) is 4.19. The van der Waals surface area contributed by atoms with Gasteiger partial charge in [0.05, 0.1) is 0 Å². The van der Waals surface area contributed by atoms with Crippen molar-refractivity contribution in [2.45, 2.75) is 65.2 Å². The molecule has 15 heavy (non-hydrogen) atoms. The van der Waals surface area contributed by atoms with Crippen LogP contribution in [0.25, 0.3) is 0 Å². The minimum Gasteiger partial charge on any atom is -0.276 e. The fourth-order valence-electron chi connectivity index (χ4n) is 1.66. The molecular weight excluding hydrogens is 269 g/mol. The Morgan fingerprint density at radius 3 is 1.60 bits per heavy atom. The Bertz CT molecular complexity index is 110. The molecule has 0 saturated carbocycles. The van der Waals surface area contributed by atoms with Crippen molar-refractivity contribution < 1.29 is 0 Å². The quantitative estimate of drug-likeness (QED) is 0.367. The van der Waals surface area contributed by atoms with Crippen LogP contribution >= 0.6 is 22.9 Å². The minimum absolute atomic E-state index is 0.819. The van der Waals surface area contributed by atoms with Crippen LogP contribution < -0.4 is 0 Å². The van der Waals surface area contributed by atoms with E-state index in [2.05, 4.69) is 34.0 Å². The molecule has 0 aromatic rings. The molecular formula is C12H27BrNP. The normalized spacial score (nSPS) is 12.0. The summed E-state index contributed by atoms with van der Waals surface area (Å²) in [4.78, 5) is 0. The van der Waals surface area contributed by atoms with Crippen LogP contribution in [0.3, 0.4) is 0 Å². The highest BCUT2D eigenvalue weighted by molar-refractivity contribution is 9.36. The first-order valence-corrected chi connectivity index (χ1v) is 9.66. The molecule has 0 aromatic heterocycles. The average molecular weight is 296 g/mol. The number of unbranched alkanes of at least 4 members (excludes halogenated alkanes) is 6. The van der Waals surface area contributed by atoms with Gasteiger partial charge in [-0.05, 0) is 28.3 Å². The van der Waals surface area contributed by atoms with Crippen LogP contribution in [0.1, 0.15) is 65.2 Å². The number of nitrogens with zero attached hydrogens (tertiary/aromatic N) is 1. The lowest BCUT2D eigenvalue weighted by Gasteiger charge is -2.18. The predicted octanol–water partition coefficient (Wildman–Crippen LogP) is 5.35. The van der Waals surface area contributed by atoms with Crippen LogP contribution in [0.4, 0.5) is 0 Å². The smallest absolute Gasteiger partial charge is 0.0213 e. The van der Waals surface area contributed by atoms with E-state index in [4.69, 9.17) is 0 Å². The molecule has 0 radical (unpaired) electrons. The lowest BCUT2D eigenvalue weighted by molar-refractivity contribution is 0.426. The van der Waals surface area contributed by atoms with Gasteiger partial charge in [-0.3, -0.25) is 4.67 Å². The van der Waals surface area contributed by atoms with Crippen molar-refractivity contribution in [2.75, 3.05) is 13.1 Å². The number of hydrogen-bond donors (Lipinski definition) is 0. The Morgan fingerprint density at radius 2 is 1.27 bits per heavy atom. The fourth-order valence-corrected chi connectivity index (χ4v) is 3.20. The van der Waals surface area contributed by atoms with E-state index in [1.165, 1.54) is 64.5 Å². The second-order valence-corrected chi connectivity index (χ2v) is 6.06. The Labute approximate surface area is 106 Å². The third kappa shape index (κ3) is 11.1. The van der Waals surface area contributed by atoms with E-state index in [1.54, 1.807) is 0 Å². The Morgan fingerprint density at radius 1 is 0.800 bits per heavy atom. The van der Waals surface area contributed by atoms with Crippen LogP contribution in [0.15, 0.2) is 0 Å². The molecule has 0 saturated heterocycles. The van der Waals surface area contributed by atoms with Crippen molar-refractivity contribution >= 4 is 22.9 Å². The summed E-state index contributed by atoms with van der Waals surface area (Å²) in [6, 6.07) is 0. The summed E-state index contributed by atoms with van der Waals surface area (Å²) in [5, 5.41) is 0. The van der Waals surface area contributed by atoms with Crippen molar-refractivity contribution in [1.29, 1.82) is 0 Å². The molecule has 0 aliphatic rings. The third-order valence-electron chi connectivity index (χ3n) is 2.68. The molecule has 0 spiro atoms. The summed E-state index contributed by atoms with van der Waals surface area (Å²) in [7, 11) is 0.819. The largest absolute Gasteiger partial charge is 0.276 e. The molecule has 0 fully saturated rings. The van der Waals surface area contributed by atoms with Gasteiger partial charge in [-0.15, -0.1) is 0 Å². The topological polar surface area (TPSA) is 3.24 Å². The van der Waals surface area contributed by atoms with Gasteiger partial charge in [0.25, 0.3) is 0 Å². The van der Waals surface area contributed by atoms with Crippen molar-refractivity contribution in [2.24, 2.45) is 0 Å². The highest BCUT2D eigenvalue weighted by atomic mass is 79.9. The van der Waals surface area contributed by atoms with E-state index < -0.39 is 0 Å². The van der Waals surface area contributed by atoms with Gasteiger partial charge in [-0.1, -0.05) is 52.4 Å². The summed E-state index contributed by atoms with van der Waals surface area (Å²) < 4.78 is 2.56. The second kappa shape index (κ2) is 12.9. The van der Waals surface area contributed by atoms with Crippen LogP contribution in [0.2, 0.25) is 0 Å². The predicted molar refractivity (Wildman–Crippen MR) is 77.1 cm³/mol. The van der Waals surface area contributed by atoms with Gasteiger partial charge in [0.15, 0.2) is 0 Å². The average Bonchev–Trinajstić information content (AvgIpc) is 2.27. The maximum atomic E-state index is 3.61. The van der Waals surface area contributed by atoms with E-state index in [0.717, 1.165) is 7.43 Å². The summed E-state index contributed by atoms with van der Waals surface area (Å²) in [6.07, 6.45) is 11.0. The Balaban J connectivity index is 3.29. The molecule has 1 nitrogen and oxygen atoms in total. The zero-order chi connectivity index (χ0) is 11.4. The van der Waals surface area contributed by atoms with Crippen LogP contribution in [-0.2, 0) is 0 Å². The molecule has 0 amide bonds.